The number of aliphatic hydroxyl groups is 1. The monoisotopic (exact) mass is 986 g/mol. The molecule has 68 heavy (non-hydrogen) atoms. The molecule has 3 fully saturated rings. The lowest BCUT2D eigenvalue weighted by molar-refractivity contribution is -0.145. The van der Waals surface area contributed by atoms with Gasteiger partial charge in [0.25, 0.3) is 0 Å². The molecule has 22 heteroatoms. The molecule has 376 valence electrons. The number of carbonyl (C=O) groups excluding carboxylic acids is 7. The second kappa shape index (κ2) is 25.6. The molecule has 2 saturated heterocycles. The zero-order chi connectivity index (χ0) is 49.5. The molecule has 3 heterocycles. The average molecular weight is 987 g/mol. The van der Waals surface area contributed by atoms with Crippen LogP contribution in [0.25, 0.3) is 10.9 Å². The summed E-state index contributed by atoms with van der Waals surface area (Å²) >= 11 is 0. The second-order valence-corrected chi connectivity index (χ2v) is 21.1. The van der Waals surface area contributed by atoms with E-state index in [1.54, 1.807) is 13.1 Å². The van der Waals surface area contributed by atoms with E-state index in [-0.39, 0.29) is 57.5 Å². The average Bonchev–Trinajstić information content (AvgIpc) is 3.97. The van der Waals surface area contributed by atoms with Gasteiger partial charge >= 0.3 is 5.97 Å². The third-order valence-corrected chi connectivity index (χ3v) is 16.5. The zero-order valence-corrected chi connectivity index (χ0v) is 40.8. The van der Waals surface area contributed by atoms with Gasteiger partial charge < -0.3 is 63.5 Å². The maximum atomic E-state index is 14.6. The summed E-state index contributed by atoms with van der Waals surface area (Å²) in [5, 5.41) is 37.9. The maximum absolute atomic E-state index is 14.6. The number of carboxylic acids is 1. The van der Waals surface area contributed by atoms with Crippen LogP contribution in [0.4, 0.5) is 0 Å². The molecule has 1 aromatic carbocycles. The summed E-state index contributed by atoms with van der Waals surface area (Å²) in [6.07, 6.45) is 5.75. The molecule has 13 N–H and O–H groups in total. The molecule has 1 unspecified atom stereocenters. The summed E-state index contributed by atoms with van der Waals surface area (Å²) in [4.78, 5) is 116. The van der Waals surface area contributed by atoms with Crippen LogP contribution < -0.4 is 43.4 Å². The van der Waals surface area contributed by atoms with Crippen LogP contribution in [-0.2, 0) is 44.8 Å². The number of hydrogen-bond donors (Lipinski definition) is 11. The van der Waals surface area contributed by atoms with E-state index in [4.69, 9.17) is 11.5 Å². The number of fused-ring (bicyclic) bond motifs is 1. The molecular formula is C46H70N10O10S2. The van der Waals surface area contributed by atoms with Gasteiger partial charge in [-0.3, -0.25) is 33.6 Å². The van der Waals surface area contributed by atoms with E-state index < -0.39 is 106 Å². The number of para-hydroxylation sites is 1. The van der Waals surface area contributed by atoms with Gasteiger partial charge in [0.05, 0.1) is 6.10 Å². The quantitative estimate of drug-likeness (QED) is 0.116. The summed E-state index contributed by atoms with van der Waals surface area (Å²) in [6.45, 7) is 5.16. The zero-order valence-electron chi connectivity index (χ0n) is 39.2. The number of nitrogens with one attached hydrogen (secondary N) is 7. The molecule has 0 radical (unpaired) electrons. The Hall–Kier alpha value is -4.90. The van der Waals surface area contributed by atoms with Crippen LogP contribution in [0.3, 0.4) is 0 Å². The molecule has 1 aliphatic carbocycles. The summed E-state index contributed by atoms with van der Waals surface area (Å²) in [5.74, 6) is -6.52. The van der Waals surface area contributed by atoms with Gasteiger partial charge in [-0.05, 0) is 82.5 Å². The van der Waals surface area contributed by atoms with E-state index in [9.17, 15) is 48.6 Å². The summed E-state index contributed by atoms with van der Waals surface area (Å²) in [5.41, 5.74) is 13.1. The van der Waals surface area contributed by atoms with Crippen molar-refractivity contribution in [1.82, 2.24) is 41.8 Å². The Morgan fingerprint density at radius 3 is 2.25 bits per heavy atom. The highest BCUT2D eigenvalue weighted by Gasteiger charge is 2.42. The van der Waals surface area contributed by atoms with Crippen LogP contribution in [-0.4, -0.2) is 146 Å². The van der Waals surface area contributed by atoms with E-state index in [0.717, 1.165) is 35.7 Å². The molecule has 20 nitrogen and oxygen atoms in total. The number of rotatable bonds is 14. The largest absolute Gasteiger partial charge is 0.480 e. The summed E-state index contributed by atoms with van der Waals surface area (Å²) in [6, 6.07) is -1.26. The smallest absolute Gasteiger partial charge is 0.326 e. The van der Waals surface area contributed by atoms with E-state index in [1.165, 1.54) is 33.4 Å². The fourth-order valence-electron chi connectivity index (χ4n) is 9.08. The minimum Gasteiger partial charge on any atom is -0.480 e. The first kappa shape index (κ1) is 54.0. The van der Waals surface area contributed by atoms with Crippen LogP contribution >= 0.6 is 21.6 Å². The normalized spacial score (nSPS) is 26.1. The van der Waals surface area contributed by atoms with Crippen molar-refractivity contribution < 1.29 is 48.6 Å². The van der Waals surface area contributed by atoms with Crippen molar-refractivity contribution in [3.63, 3.8) is 0 Å². The molecule has 5 rings (SSSR count). The Kier molecular flexibility index (Phi) is 20.4. The number of aromatic nitrogens is 1. The first-order valence-electron chi connectivity index (χ1n) is 23.8. The van der Waals surface area contributed by atoms with Crippen LogP contribution in [0.15, 0.2) is 30.5 Å². The van der Waals surface area contributed by atoms with Gasteiger partial charge in [0.2, 0.25) is 41.4 Å². The van der Waals surface area contributed by atoms with Gasteiger partial charge in [-0.2, -0.15) is 0 Å². The minimum absolute atomic E-state index is 0.0204. The number of nitrogens with zero attached hydrogens (tertiary/aromatic N) is 1. The van der Waals surface area contributed by atoms with Crippen molar-refractivity contribution in [3.05, 3.63) is 36.0 Å². The lowest BCUT2D eigenvalue weighted by Gasteiger charge is -2.37. The van der Waals surface area contributed by atoms with E-state index in [0.29, 0.717) is 32.1 Å². The van der Waals surface area contributed by atoms with Gasteiger partial charge in [-0.15, -0.1) is 0 Å². The molecule has 1 aromatic heterocycles. The minimum atomic E-state index is -1.61. The van der Waals surface area contributed by atoms with Crippen LogP contribution in [0.2, 0.25) is 0 Å². The Morgan fingerprint density at radius 1 is 0.882 bits per heavy atom. The molecule has 1 spiro atoms. The van der Waals surface area contributed by atoms with Gasteiger partial charge in [0, 0.05) is 47.0 Å². The molecule has 2 aliphatic heterocycles. The molecule has 2 aromatic rings. The van der Waals surface area contributed by atoms with E-state index >= 15 is 0 Å². The van der Waals surface area contributed by atoms with Crippen LogP contribution in [0, 0.1) is 5.92 Å². The predicted molar refractivity (Wildman–Crippen MR) is 260 cm³/mol. The summed E-state index contributed by atoms with van der Waals surface area (Å²) in [7, 11) is 2.71. The third-order valence-electron chi connectivity index (χ3n) is 13.2. The van der Waals surface area contributed by atoms with Crippen molar-refractivity contribution in [2.45, 2.75) is 157 Å². The molecule has 9 atom stereocenters. The van der Waals surface area contributed by atoms with Gasteiger partial charge in [0.15, 0.2) is 0 Å². The number of nitrogens with two attached hydrogens (primary N) is 2. The van der Waals surface area contributed by atoms with Crippen molar-refractivity contribution >= 4 is 79.8 Å². The van der Waals surface area contributed by atoms with Gasteiger partial charge in [-0.25, -0.2) is 4.79 Å². The van der Waals surface area contributed by atoms with Crippen molar-refractivity contribution in [2.75, 3.05) is 25.4 Å². The van der Waals surface area contributed by atoms with Gasteiger partial charge in [0.1, 0.15) is 42.3 Å². The van der Waals surface area contributed by atoms with Crippen molar-refractivity contribution in [2.24, 2.45) is 17.4 Å². The Morgan fingerprint density at radius 2 is 1.57 bits per heavy atom. The highest BCUT2D eigenvalue weighted by Crippen LogP contribution is 2.48. The maximum Gasteiger partial charge on any atom is 0.326 e. The number of hydrogen-bond acceptors (Lipinski definition) is 13. The number of aliphatic hydroxyl groups excluding tert-OH is 1. The lowest BCUT2D eigenvalue weighted by atomic mass is 9.85. The van der Waals surface area contributed by atoms with Crippen molar-refractivity contribution in [1.29, 1.82) is 0 Å². The second-order valence-electron chi connectivity index (χ2n) is 18.3. The fourth-order valence-corrected chi connectivity index (χ4v) is 12.4. The standard InChI is InChI=1S/C46H70N10O10S2/c1-4-26(2)37-42(62)55-38(27(3)57)43(63)51-31(16-20-48)39(59)53-34(44(64)56-21-11-15-35(56)41(61)52-32(45(65)66)14-10-19-47)25-67-68-46(17-8-5-9-18-46)23-36(58)50-33(40(60)54-37)22-28-24-49-30-13-7-6-12-29(28)30/h6-7,12-13,24,26-27,31-35,37-38,49,57H,4-5,8-11,14-23,25,47-48H2,1-3H3,(H,50,58)(H,51,63)(H,52,61)(H,53,59)(H,54,60)(H,55,62)(H,65,66)/t26-,27?,31-,32-,33+,34-,35-,37-,38-/m0/s1. The van der Waals surface area contributed by atoms with Crippen LogP contribution in [0.1, 0.15) is 103 Å². The first-order chi connectivity index (χ1) is 32.5. The highest BCUT2D eigenvalue weighted by atomic mass is 33.1. The Bertz CT molecular complexity index is 2100. The number of amides is 7. The topological polar surface area (TPSA) is 320 Å². The fraction of sp³-hybridized carbons (Fsp3) is 0.652. The molecule has 7 amide bonds. The van der Waals surface area contributed by atoms with E-state index in [2.05, 4.69) is 36.9 Å². The van der Waals surface area contributed by atoms with Crippen LogP contribution in [0.5, 0.6) is 0 Å². The number of carbonyl (C=O) groups is 8. The number of likely N-dealkylation sites (tertiary alicyclic amines) is 1. The molecule has 1 saturated carbocycles. The number of aliphatic carboxylic acids is 1. The van der Waals surface area contributed by atoms with Gasteiger partial charge in [-0.1, -0.05) is 79.3 Å². The number of H-pyrrole nitrogens is 1. The highest BCUT2D eigenvalue weighted by molar-refractivity contribution is 8.77. The van der Waals surface area contributed by atoms with Crippen molar-refractivity contribution in [3.8, 4) is 0 Å². The summed E-state index contributed by atoms with van der Waals surface area (Å²) < 4.78 is -0.635. The van der Waals surface area contributed by atoms with E-state index in [1.807, 2.05) is 31.2 Å². The number of aromatic amines is 1. The number of benzene rings is 1. The SMILES string of the molecule is CC[C@H](C)[C@@H]1NC(=O)[C@@H](Cc2c[nH]c3ccccc23)NC(=O)CC2(CCCCC2)SSC[C@@H](C(=O)N2CCC[C@H]2C(=O)N[C@@H](CCCN)C(=O)O)NC(=O)[C@H](CCN)NC(=O)[C@H](C(C)O)NC1=O. The predicted octanol–water partition coefficient (Wildman–Crippen LogP) is 0.697. The molecular weight excluding hydrogens is 917 g/mol. The lowest BCUT2D eigenvalue weighted by Crippen LogP contribution is -2.63. The first-order valence-corrected chi connectivity index (χ1v) is 26.1. The molecule has 3 aliphatic rings. The third kappa shape index (κ3) is 14.3. The Labute approximate surface area is 404 Å². The number of carboxylic acid groups (broad SMARTS) is 1. The Balaban J connectivity index is 1.51. The molecule has 0 bridgehead atoms.